The van der Waals surface area contributed by atoms with E-state index < -0.39 is 0 Å². The number of unbranched alkanes of at least 4 members (excludes halogenated alkanes) is 7. The maximum absolute atomic E-state index is 10.9. The van der Waals surface area contributed by atoms with Gasteiger partial charge in [0.1, 0.15) is 0 Å². The van der Waals surface area contributed by atoms with E-state index in [9.17, 15) is 4.79 Å². The molecule has 0 amide bonds. The third kappa shape index (κ3) is 12.1. The Morgan fingerprint density at radius 2 is 1.50 bits per heavy atom. The zero-order valence-electron chi connectivity index (χ0n) is 11.3. The van der Waals surface area contributed by atoms with Crippen LogP contribution in [0.3, 0.4) is 0 Å². The molecule has 0 saturated carbocycles. The van der Waals surface area contributed by atoms with Gasteiger partial charge < -0.3 is 0 Å². The molecule has 0 heterocycles. The molecule has 0 radical (unpaired) electrons. The molecular formula is C14H28OS. The zero-order valence-corrected chi connectivity index (χ0v) is 12.1. The van der Waals surface area contributed by atoms with Crippen LogP contribution >= 0.6 is 11.8 Å². The van der Waals surface area contributed by atoms with Crippen LogP contribution in [-0.4, -0.2) is 10.4 Å². The lowest BCUT2D eigenvalue weighted by Crippen LogP contribution is -1.99. The van der Waals surface area contributed by atoms with Gasteiger partial charge in [-0.1, -0.05) is 77.0 Å². The smallest absolute Gasteiger partial charge is 0.186 e. The van der Waals surface area contributed by atoms with Gasteiger partial charge in [0.05, 0.1) is 0 Å². The second kappa shape index (κ2) is 11.5. The fourth-order valence-electron chi connectivity index (χ4n) is 1.91. The topological polar surface area (TPSA) is 17.1 Å². The summed E-state index contributed by atoms with van der Waals surface area (Å²) in [5.41, 5.74) is 0. The summed E-state index contributed by atoms with van der Waals surface area (Å²) in [6, 6.07) is 0. The number of thioether (sulfide) groups is 1. The largest absolute Gasteiger partial charge is 0.288 e. The van der Waals surface area contributed by atoms with E-state index in [-0.39, 0.29) is 5.12 Å². The summed E-state index contributed by atoms with van der Waals surface area (Å²) in [7, 11) is 0. The number of hydrogen-bond donors (Lipinski definition) is 0. The molecule has 1 atom stereocenters. The molecule has 1 unspecified atom stereocenters. The molecule has 1 nitrogen and oxygen atoms in total. The molecule has 96 valence electrons. The van der Waals surface area contributed by atoms with E-state index in [2.05, 4.69) is 13.8 Å². The summed E-state index contributed by atoms with van der Waals surface area (Å²) in [4.78, 5) is 10.9. The van der Waals surface area contributed by atoms with Crippen LogP contribution in [0.15, 0.2) is 0 Å². The molecule has 0 bridgehead atoms. The van der Waals surface area contributed by atoms with E-state index >= 15 is 0 Å². The zero-order chi connectivity index (χ0) is 12.2. The van der Waals surface area contributed by atoms with Crippen LogP contribution in [0.25, 0.3) is 0 Å². The number of rotatable bonds is 10. The predicted octanol–water partition coefficient (Wildman–Crippen LogP) is 5.19. The van der Waals surface area contributed by atoms with E-state index in [1.807, 2.05) is 0 Å². The van der Waals surface area contributed by atoms with Crippen LogP contribution in [0.1, 0.15) is 78.6 Å². The highest BCUT2D eigenvalue weighted by Crippen LogP contribution is 2.18. The van der Waals surface area contributed by atoms with Crippen LogP contribution in [0, 0.1) is 0 Å². The van der Waals surface area contributed by atoms with E-state index in [0.717, 1.165) is 0 Å². The molecular weight excluding hydrogens is 216 g/mol. The van der Waals surface area contributed by atoms with Crippen molar-refractivity contribution in [2.45, 2.75) is 83.8 Å². The molecule has 16 heavy (non-hydrogen) atoms. The Bertz CT molecular complexity index is 168. The van der Waals surface area contributed by atoms with E-state index in [1.54, 1.807) is 6.92 Å². The van der Waals surface area contributed by atoms with Crippen molar-refractivity contribution in [1.29, 1.82) is 0 Å². The first-order valence-corrected chi connectivity index (χ1v) is 7.72. The van der Waals surface area contributed by atoms with Gasteiger partial charge in [-0.3, -0.25) is 4.79 Å². The lowest BCUT2D eigenvalue weighted by atomic mass is 10.1. The Kier molecular flexibility index (Phi) is 11.5. The third-order valence-electron chi connectivity index (χ3n) is 2.83. The lowest BCUT2D eigenvalue weighted by Gasteiger charge is -2.08. The molecule has 0 aliphatic carbocycles. The van der Waals surface area contributed by atoms with E-state index in [4.69, 9.17) is 0 Å². The quantitative estimate of drug-likeness (QED) is 0.492. The van der Waals surface area contributed by atoms with Crippen LogP contribution < -0.4 is 0 Å². The number of carbonyl (C=O) groups excluding carboxylic acids is 1. The van der Waals surface area contributed by atoms with Crippen LogP contribution in [0.5, 0.6) is 0 Å². The normalized spacial score (nSPS) is 12.7. The summed E-state index contributed by atoms with van der Waals surface area (Å²) in [5.74, 6) is 0. The van der Waals surface area contributed by atoms with Crippen molar-refractivity contribution in [3.63, 3.8) is 0 Å². The Balaban J connectivity index is 3.11. The first kappa shape index (κ1) is 16.0. The Morgan fingerprint density at radius 3 is 2.00 bits per heavy atom. The summed E-state index contributed by atoms with van der Waals surface area (Å²) < 4.78 is 0. The summed E-state index contributed by atoms with van der Waals surface area (Å²) >= 11 is 1.49. The van der Waals surface area contributed by atoms with Gasteiger partial charge in [-0.05, 0) is 6.42 Å². The molecule has 0 fully saturated rings. The maximum atomic E-state index is 10.9. The highest BCUT2D eigenvalue weighted by atomic mass is 32.2. The van der Waals surface area contributed by atoms with Gasteiger partial charge in [-0.15, -0.1) is 0 Å². The predicted molar refractivity (Wildman–Crippen MR) is 75.0 cm³/mol. The van der Waals surface area contributed by atoms with Crippen molar-refractivity contribution in [2.75, 3.05) is 0 Å². The van der Waals surface area contributed by atoms with Gasteiger partial charge >= 0.3 is 0 Å². The second-order valence-electron chi connectivity index (χ2n) is 4.68. The molecule has 0 spiro atoms. The maximum Gasteiger partial charge on any atom is 0.186 e. The first-order chi connectivity index (χ1) is 7.66. The highest BCUT2D eigenvalue weighted by molar-refractivity contribution is 8.14. The fraction of sp³-hybridized carbons (Fsp3) is 0.929. The van der Waals surface area contributed by atoms with Gasteiger partial charge in [0.2, 0.25) is 0 Å². The van der Waals surface area contributed by atoms with Gasteiger partial charge in [0, 0.05) is 12.2 Å². The molecule has 0 aromatic heterocycles. The molecule has 0 aromatic rings. The van der Waals surface area contributed by atoms with Crippen molar-refractivity contribution in [1.82, 2.24) is 0 Å². The third-order valence-corrected chi connectivity index (χ3v) is 3.80. The SMILES string of the molecule is CCCCCCCCCCC(C)SC(C)=O. The summed E-state index contributed by atoms with van der Waals surface area (Å²) in [5, 5.41) is 0.768. The molecule has 0 N–H and O–H groups in total. The van der Waals surface area contributed by atoms with Crippen molar-refractivity contribution in [2.24, 2.45) is 0 Å². The van der Waals surface area contributed by atoms with E-state index in [1.165, 1.54) is 69.5 Å². The van der Waals surface area contributed by atoms with Gasteiger partial charge in [0.15, 0.2) is 5.12 Å². The molecule has 2 heteroatoms. The molecule has 0 rings (SSSR count). The van der Waals surface area contributed by atoms with Gasteiger partial charge in [-0.25, -0.2) is 0 Å². The first-order valence-electron chi connectivity index (χ1n) is 6.84. The Labute approximate surface area is 106 Å². The minimum absolute atomic E-state index is 0.257. The minimum Gasteiger partial charge on any atom is -0.288 e. The number of carbonyl (C=O) groups is 1. The summed E-state index contributed by atoms with van der Waals surface area (Å²) in [6.45, 7) is 6.08. The Morgan fingerprint density at radius 1 is 1.00 bits per heavy atom. The van der Waals surface area contributed by atoms with Gasteiger partial charge in [0.25, 0.3) is 0 Å². The highest BCUT2D eigenvalue weighted by Gasteiger charge is 2.04. The fourth-order valence-corrected chi connectivity index (χ4v) is 2.76. The average molecular weight is 244 g/mol. The Hall–Kier alpha value is 0.0200. The second-order valence-corrected chi connectivity index (χ2v) is 6.30. The average Bonchev–Trinajstić information content (AvgIpc) is 2.21. The lowest BCUT2D eigenvalue weighted by molar-refractivity contribution is -0.109. The van der Waals surface area contributed by atoms with Crippen LogP contribution in [0.4, 0.5) is 0 Å². The summed E-state index contributed by atoms with van der Waals surface area (Å²) in [6.07, 6.45) is 12.1. The monoisotopic (exact) mass is 244 g/mol. The van der Waals surface area contributed by atoms with E-state index in [0.29, 0.717) is 5.25 Å². The van der Waals surface area contributed by atoms with Crippen molar-refractivity contribution in [3.05, 3.63) is 0 Å². The van der Waals surface area contributed by atoms with Crippen LogP contribution in [-0.2, 0) is 4.79 Å². The molecule has 0 aliphatic rings. The minimum atomic E-state index is 0.257. The molecule has 0 aliphatic heterocycles. The van der Waals surface area contributed by atoms with Crippen molar-refractivity contribution >= 4 is 16.9 Å². The standard InChI is InChI=1S/C14H28OS/c1-4-5-6-7-8-9-10-11-12-13(2)16-14(3)15/h13H,4-12H2,1-3H3. The number of hydrogen-bond acceptors (Lipinski definition) is 2. The molecule has 0 saturated heterocycles. The van der Waals surface area contributed by atoms with Gasteiger partial charge in [-0.2, -0.15) is 0 Å². The molecule has 0 aromatic carbocycles. The van der Waals surface area contributed by atoms with Crippen LogP contribution in [0.2, 0.25) is 0 Å². The van der Waals surface area contributed by atoms with Crippen molar-refractivity contribution < 1.29 is 4.79 Å². The van der Waals surface area contributed by atoms with Crippen molar-refractivity contribution in [3.8, 4) is 0 Å².